The van der Waals surface area contributed by atoms with Gasteiger partial charge in [0.2, 0.25) is 11.8 Å². The van der Waals surface area contributed by atoms with Gasteiger partial charge in [0, 0.05) is 12.6 Å². The van der Waals surface area contributed by atoms with Gasteiger partial charge in [-0.15, -0.1) is 0 Å². The molecule has 0 aromatic heterocycles. The van der Waals surface area contributed by atoms with E-state index >= 15 is 0 Å². The van der Waals surface area contributed by atoms with Gasteiger partial charge in [-0.05, 0) is 42.3 Å². The molecule has 0 saturated carbocycles. The van der Waals surface area contributed by atoms with Crippen LogP contribution in [0.3, 0.4) is 0 Å². The maximum Gasteiger partial charge on any atom is 0.247 e. The van der Waals surface area contributed by atoms with E-state index in [1.165, 1.54) is 24.1 Å². The van der Waals surface area contributed by atoms with Gasteiger partial charge in [-0.3, -0.25) is 9.59 Å². The molecule has 1 atom stereocenters. The fraction of sp³-hybridized carbons (Fsp3) is 0.231. The van der Waals surface area contributed by atoms with Crippen LogP contribution in [-0.4, -0.2) is 37.0 Å². The minimum Gasteiger partial charge on any atom is -0.497 e. The maximum absolute atomic E-state index is 13.4. The van der Waals surface area contributed by atoms with Gasteiger partial charge in [-0.2, -0.15) is 0 Å². The second-order valence-electron chi connectivity index (χ2n) is 7.54. The molecule has 0 saturated heterocycles. The number of rotatable bonds is 9. The molecule has 1 unspecified atom stereocenters. The maximum atomic E-state index is 13.4. The van der Waals surface area contributed by atoms with Crippen molar-refractivity contribution in [3.05, 3.63) is 89.7 Å². The molecular weight excluding hydrogens is 423 g/mol. The first-order chi connectivity index (χ1) is 15.9. The molecule has 0 aliphatic carbocycles. The van der Waals surface area contributed by atoms with E-state index in [0.717, 1.165) is 11.1 Å². The number of nitrogens with zero attached hydrogens (tertiary/aromatic N) is 1. The summed E-state index contributed by atoms with van der Waals surface area (Å²) in [5.74, 6) is 0.0830. The Bertz CT molecular complexity index is 1090. The Balaban J connectivity index is 1.82. The van der Waals surface area contributed by atoms with Crippen LogP contribution in [0.25, 0.3) is 0 Å². The summed E-state index contributed by atoms with van der Waals surface area (Å²) >= 11 is 0. The minimum absolute atomic E-state index is 0.144. The lowest BCUT2D eigenvalue weighted by Crippen LogP contribution is -2.45. The zero-order valence-corrected chi connectivity index (χ0v) is 18.9. The Morgan fingerprint density at radius 3 is 2.27 bits per heavy atom. The summed E-state index contributed by atoms with van der Waals surface area (Å²) in [6.45, 7) is 1.83. The highest BCUT2D eigenvalue weighted by atomic mass is 19.1. The number of anilines is 1. The van der Waals surface area contributed by atoms with E-state index in [1.807, 2.05) is 30.3 Å². The molecule has 3 aromatic carbocycles. The number of carbonyl (C=O) groups is 2. The van der Waals surface area contributed by atoms with Crippen molar-refractivity contribution >= 4 is 17.5 Å². The molecule has 2 amide bonds. The van der Waals surface area contributed by atoms with Crippen LogP contribution < -0.4 is 14.8 Å². The Labute approximate surface area is 192 Å². The predicted octanol–water partition coefficient (Wildman–Crippen LogP) is 4.44. The van der Waals surface area contributed by atoms with Crippen molar-refractivity contribution in [2.45, 2.75) is 25.9 Å². The van der Waals surface area contributed by atoms with Crippen molar-refractivity contribution in [3.63, 3.8) is 0 Å². The molecule has 1 N–H and O–H groups in total. The Morgan fingerprint density at radius 2 is 1.64 bits per heavy atom. The Kier molecular flexibility index (Phi) is 8.02. The SMILES string of the molecule is COc1ccc(NC(=O)C(C)N(Cc2ccc(F)cc2)C(=O)Cc2ccccc2)c(OC)c1. The molecule has 3 rings (SSSR count). The van der Waals surface area contributed by atoms with Gasteiger partial charge >= 0.3 is 0 Å². The van der Waals surface area contributed by atoms with E-state index in [4.69, 9.17) is 9.47 Å². The second-order valence-corrected chi connectivity index (χ2v) is 7.54. The van der Waals surface area contributed by atoms with E-state index in [0.29, 0.717) is 17.2 Å². The highest BCUT2D eigenvalue weighted by Crippen LogP contribution is 2.29. The number of methoxy groups -OCH3 is 2. The van der Waals surface area contributed by atoms with Crippen LogP contribution in [0.1, 0.15) is 18.1 Å². The summed E-state index contributed by atoms with van der Waals surface area (Å²) in [5.41, 5.74) is 2.03. The first-order valence-corrected chi connectivity index (χ1v) is 10.5. The van der Waals surface area contributed by atoms with E-state index in [2.05, 4.69) is 5.32 Å². The quantitative estimate of drug-likeness (QED) is 0.523. The second kappa shape index (κ2) is 11.1. The number of hydrogen-bond acceptors (Lipinski definition) is 4. The molecule has 0 fully saturated rings. The zero-order valence-electron chi connectivity index (χ0n) is 18.9. The average molecular weight is 451 g/mol. The molecule has 172 valence electrons. The first-order valence-electron chi connectivity index (χ1n) is 10.5. The third-order valence-corrected chi connectivity index (χ3v) is 5.30. The lowest BCUT2D eigenvalue weighted by Gasteiger charge is -2.29. The Morgan fingerprint density at radius 1 is 0.939 bits per heavy atom. The van der Waals surface area contributed by atoms with E-state index < -0.39 is 6.04 Å². The molecule has 0 radical (unpaired) electrons. The molecule has 3 aromatic rings. The van der Waals surface area contributed by atoms with Gasteiger partial charge in [-0.1, -0.05) is 42.5 Å². The summed E-state index contributed by atoms with van der Waals surface area (Å²) in [4.78, 5) is 27.8. The number of hydrogen-bond donors (Lipinski definition) is 1. The number of halogens is 1. The lowest BCUT2D eigenvalue weighted by atomic mass is 10.1. The van der Waals surface area contributed by atoms with Crippen LogP contribution in [0.15, 0.2) is 72.8 Å². The van der Waals surface area contributed by atoms with Gasteiger partial charge in [0.1, 0.15) is 23.4 Å². The standard InChI is InChI=1S/C26H27FN2O4/c1-18(26(31)28-23-14-13-22(32-2)16-24(23)33-3)29(17-20-9-11-21(27)12-10-20)25(30)15-19-7-5-4-6-8-19/h4-14,16,18H,15,17H2,1-3H3,(H,28,31). The largest absolute Gasteiger partial charge is 0.497 e. The number of nitrogens with one attached hydrogen (secondary N) is 1. The molecular formula is C26H27FN2O4. The summed E-state index contributed by atoms with van der Waals surface area (Å²) in [6.07, 6.45) is 0.144. The highest BCUT2D eigenvalue weighted by molar-refractivity contribution is 5.98. The zero-order chi connectivity index (χ0) is 23.8. The van der Waals surface area contributed by atoms with Crippen LogP contribution in [0.2, 0.25) is 0 Å². The van der Waals surface area contributed by atoms with Gasteiger partial charge in [0.25, 0.3) is 0 Å². The van der Waals surface area contributed by atoms with Crippen LogP contribution in [-0.2, 0) is 22.6 Å². The fourth-order valence-corrected chi connectivity index (χ4v) is 3.38. The van der Waals surface area contributed by atoms with Crippen molar-refractivity contribution in [1.82, 2.24) is 4.90 Å². The average Bonchev–Trinajstić information content (AvgIpc) is 2.84. The fourth-order valence-electron chi connectivity index (χ4n) is 3.38. The molecule has 0 bridgehead atoms. The van der Waals surface area contributed by atoms with Crippen molar-refractivity contribution in [3.8, 4) is 11.5 Å². The monoisotopic (exact) mass is 450 g/mol. The van der Waals surface area contributed by atoms with Gasteiger partial charge in [-0.25, -0.2) is 4.39 Å². The number of amides is 2. The summed E-state index contributed by atoms with van der Waals surface area (Å²) in [7, 11) is 3.04. The number of ether oxygens (including phenoxy) is 2. The minimum atomic E-state index is -0.793. The number of benzene rings is 3. The first kappa shape index (κ1) is 23.8. The lowest BCUT2D eigenvalue weighted by molar-refractivity contribution is -0.138. The molecule has 33 heavy (non-hydrogen) atoms. The Hall–Kier alpha value is -3.87. The summed E-state index contributed by atoms with van der Waals surface area (Å²) in [6, 6.07) is 19.5. The van der Waals surface area contributed by atoms with E-state index in [1.54, 1.807) is 44.4 Å². The van der Waals surface area contributed by atoms with Crippen LogP contribution in [0, 0.1) is 5.82 Å². The van der Waals surface area contributed by atoms with Crippen LogP contribution in [0.5, 0.6) is 11.5 Å². The van der Waals surface area contributed by atoms with Crippen LogP contribution in [0.4, 0.5) is 10.1 Å². The molecule has 7 heteroatoms. The van der Waals surface area contributed by atoms with Gasteiger partial charge in [0.15, 0.2) is 0 Å². The highest BCUT2D eigenvalue weighted by Gasteiger charge is 2.27. The molecule has 6 nitrogen and oxygen atoms in total. The normalized spacial score (nSPS) is 11.4. The van der Waals surface area contributed by atoms with Crippen molar-refractivity contribution in [1.29, 1.82) is 0 Å². The number of carbonyl (C=O) groups excluding carboxylic acids is 2. The molecule has 0 aliphatic rings. The molecule has 0 heterocycles. The third-order valence-electron chi connectivity index (χ3n) is 5.30. The van der Waals surface area contributed by atoms with Crippen molar-refractivity contribution < 1.29 is 23.5 Å². The topological polar surface area (TPSA) is 67.9 Å². The van der Waals surface area contributed by atoms with Crippen molar-refractivity contribution in [2.24, 2.45) is 0 Å². The summed E-state index contributed by atoms with van der Waals surface area (Å²) < 4.78 is 23.9. The third kappa shape index (κ3) is 6.32. The smallest absolute Gasteiger partial charge is 0.247 e. The van der Waals surface area contributed by atoms with Crippen molar-refractivity contribution in [2.75, 3.05) is 19.5 Å². The summed E-state index contributed by atoms with van der Waals surface area (Å²) in [5, 5.41) is 2.83. The van der Waals surface area contributed by atoms with Crippen LogP contribution >= 0.6 is 0 Å². The van der Waals surface area contributed by atoms with E-state index in [9.17, 15) is 14.0 Å². The van der Waals surface area contributed by atoms with Gasteiger partial charge < -0.3 is 19.7 Å². The molecule has 0 spiro atoms. The molecule has 0 aliphatic heterocycles. The van der Waals surface area contributed by atoms with E-state index in [-0.39, 0.29) is 30.6 Å². The van der Waals surface area contributed by atoms with Gasteiger partial charge in [0.05, 0.1) is 26.3 Å². The predicted molar refractivity (Wildman–Crippen MR) is 125 cm³/mol.